The number of hydrogen-bond acceptors (Lipinski definition) is 2. The third kappa shape index (κ3) is 4.79. The molecule has 0 spiro atoms. The average Bonchev–Trinajstić information content (AvgIpc) is 2.29. The molecule has 0 aliphatic rings. The van der Waals surface area contributed by atoms with E-state index in [-0.39, 0.29) is 0 Å². The van der Waals surface area contributed by atoms with Crippen molar-refractivity contribution in [3.63, 3.8) is 0 Å². The predicted octanol–water partition coefficient (Wildman–Crippen LogP) is 4.88. The third-order valence-corrected chi connectivity index (χ3v) is 4.11. The molecule has 3 heteroatoms. The van der Waals surface area contributed by atoms with Gasteiger partial charge in [-0.15, -0.1) is 0 Å². The van der Waals surface area contributed by atoms with Gasteiger partial charge in [-0.1, -0.05) is 25.8 Å². The van der Waals surface area contributed by atoms with E-state index in [1.165, 1.54) is 30.6 Å². The molecule has 0 saturated carbocycles. The van der Waals surface area contributed by atoms with Gasteiger partial charge in [0, 0.05) is 5.75 Å². The van der Waals surface area contributed by atoms with Gasteiger partial charge in [-0.2, -0.15) is 11.8 Å². The molecule has 0 fully saturated rings. The highest BCUT2D eigenvalue weighted by Crippen LogP contribution is 2.27. The lowest BCUT2D eigenvalue weighted by Gasteiger charge is -2.06. The summed E-state index contributed by atoms with van der Waals surface area (Å²) in [7, 11) is 1.69. The van der Waals surface area contributed by atoms with Gasteiger partial charge in [0.05, 0.1) is 11.6 Å². The fraction of sp³-hybridized carbons (Fsp3) is 0.538. The Hall–Kier alpha value is -0.150. The van der Waals surface area contributed by atoms with Gasteiger partial charge in [0.2, 0.25) is 0 Å². The van der Waals surface area contributed by atoms with Gasteiger partial charge in [0.1, 0.15) is 5.75 Å². The van der Waals surface area contributed by atoms with Crippen LogP contribution in [0.2, 0.25) is 0 Å². The SMILES string of the molecule is CCCCCSCc1ccc(OC)c(Br)c1. The topological polar surface area (TPSA) is 9.23 Å². The number of hydrogen-bond donors (Lipinski definition) is 0. The summed E-state index contributed by atoms with van der Waals surface area (Å²) in [6.45, 7) is 2.24. The molecule has 90 valence electrons. The first-order chi connectivity index (χ1) is 7.77. The molecule has 0 atom stereocenters. The van der Waals surface area contributed by atoms with E-state index in [0.717, 1.165) is 16.0 Å². The molecule has 1 rings (SSSR count). The molecule has 0 bridgehead atoms. The lowest BCUT2D eigenvalue weighted by Crippen LogP contribution is -1.88. The molecule has 0 aliphatic carbocycles. The number of unbranched alkanes of at least 4 members (excludes halogenated alkanes) is 2. The molecular weight excluding hydrogens is 284 g/mol. The number of benzene rings is 1. The smallest absolute Gasteiger partial charge is 0.133 e. The fourth-order valence-corrected chi connectivity index (χ4v) is 3.00. The molecule has 16 heavy (non-hydrogen) atoms. The van der Waals surface area contributed by atoms with Gasteiger partial charge in [0.15, 0.2) is 0 Å². The lowest BCUT2D eigenvalue weighted by molar-refractivity contribution is 0.412. The van der Waals surface area contributed by atoms with E-state index in [9.17, 15) is 0 Å². The van der Waals surface area contributed by atoms with Gasteiger partial charge in [-0.3, -0.25) is 0 Å². The minimum Gasteiger partial charge on any atom is -0.496 e. The monoisotopic (exact) mass is 302 g/mol. The molecule has 1 aromatic carbocycles. The van der Waals surface area contributed by atoms with Crippen LogP contribution in [0.1, 0.15) is 31.7 Å². The van der Waals surface area contributed by atoms with Crippen molar-refractivity contribution in [2.45, 2.75) is 31.9 Å². The van der Waals surface area contributed by atoms with Crippen LogP contribution in [0.5, 0.6) is 5.75 Å². The highest BCUT2D eigenvalue weighted by molar-refractivity contribution is 9.10. The minimum absolute atomic E-state index is 0.903. The molecule has 0 radical (unpaired) electrons. The summed E-state index contributed by atoms with van der Waals surface area (Å²) in [5, 5.41) is 0. The van der Waals surface area contributed by atoms with Gasteiger partial charge >= 0.3 is 0 Å². The zero-order valence-electron chi connectivity index (χ0n) is 9.96. The second-order valence-corrected chi connectivity index (χ2v) is 5.69. The Morgan fingerprint density at radius 3 is 2.75 bits per heavy atom. The van der Waals surface area contributed by atoms with Crippen LogP contribution in [0.3, 0.4) is 0 Å². The van der Waals surface area contributed by atoms with Gasteiger partial charge in [0.25, 0.3) is 0 Å². The van der Waals surface area contributed by atoms with Crippen LogP contribution >= 0.6 is 27.7 Å². The molecule has 0 N–H and O–H groups in total. The molecular formula is C13H19BrOS. The van der Waals surface area contributed by atoms with Crippen molar-refractivity contribution in [1.29, 1.82) is 0 Å². The van der Waals surface area contributed by atoms with E-state index in [4.69, 9.17) is 4.74 Å². The van der Waals surface area contributed by atoms with E-state index in [2.05, 4.69) is 35.0 Å². The lowest BCUT2D eigenvalue weighted by atomic mass is 10.2. The number of thioether (sulfide) groups is 1. The summed E-state index contributed by atoms with van der Waals surface area (Å²) in [4.78, 5) is 0. The molecule has 0 saturated heterocycles. The predicted molar refractivity (Wildman–Crippen MR) is 76.4 cm³/mol. The van der Waals surface area contributed by atoms with Crippen molar-refractivity contribution in [2.75, 3.05) is 12.9 Å². The fourth-order valence-electron chi connectivity index (χ4n) is 1.44. The summed E-state index contributed by atoms with van der Waals surface area (Å²) in [5.41, 5.74) is 1.36. The van der Waals surface area contributed by atoms with Gasteiger partial charge < -0.3 is 4.74 Å². The molecule has 0 unspecified atom stereocenters. The van der Waals surface area contributed by atoms with E-state index in [1.807, 2.05) is 17.8 Å². The molecule has 0 aromatic heterocycles. The zero-order valence-corrected chi connectivity index (χ0v) is 12.4. The minimum atomic E-state index is 0.903. The number of methoxy groups -OCH3 is 1. The van der Waals surface area contributed by atoms with Crippen molar-refractivity contribution in [3.8, 4) is 5.75 Å². The third-order valence-electron chi connectivity index (χ3n) is 2.38. The summed E-state index contributed by atoms with van der Waals surface area (Å²) >= 11 is 5.51. The first-order valence-corrected chi connectivity index (χ1v) is 7.63. The van der Waals surface area contributed by atoms with Crippen LogP contribution in [0.15, 0.2) is 22.7 Å². The van der Waals surface area contributed by atoms with Crippen LogP contribution in [0, 0.1) is 0 Å². The van der Waals surface area contributed by atoms with Crippen LogP contribution in [-0.4, -0.2) is 12.9 Å². The van der Waals surface area contributed by atoms with Crippen LogP contribution in [-0.2, 0) is 5.75 Å². The van der Waals surface area contributed by atoms with E-state index < -0.39 is 0 Å². The van der Waals surface area contributed by atoms with Crippen LogP contribution in [0.4, 0.5) is 0 Å². The summed E-state index contributed by atoms with van der Waals surface area (Å²) < 4.78 is 6.25. The van der Waals surface area contributed by atoms with Crippen LogP contribution < -0.4 is 4.74 Å². The summed E-state index contributed by atoms with van der Waals surface area (Å²) in [5.74, 6) is 3.25. The van der Waals surface area contributed by atoms with Crippen LogP contribution in [0.25, 0.3) is 0 Å². The van der Waals surface area contributed by atoms with E-state index in [1.54, 1.807) is 7.11 Å². The number of ether oxygens (including phenoxy) is 1. The second-order valence-electron chi connectivity index (χ2n) is 3.73. The summed E-state index contributed by atoms with van der Waals surface area (Å²) in [6.07, 6.45) is 3.98. The Balaban J connectivity index is 2.34. The van der Waals surface area contributed by atoms with Crippen molar-refractivity contribution in [2.24, 2.45) is 0 Å². The van der Waals surface area contributed by atoms with Gasteiger partial charge in [-0.05, 0) is 45.8 Å². The Kier molecular flexibility index (Phi) is 6.97. The number of rotatable bonds is 7. The average molecular weight is 303 g/mol. The maximum absolute atomic E-state index is 5.20. The molecule has 0 heterocycles. The molecule has 1 aromatic rings. The Labute approximate surface area is 111 Å². The quantitative estimate of drug-likeness (QED) is 0.664. The highest BCUT2D eigenvalue weighted by atomic mass is 79.9. The summed E-state index contributed by atoms with van der Waals surface area (Å²) in [6, 6.07) is 6.30. The van der Waals surface area contributed by atoms with E-state index in [0.29, 0.717) is 0 Å². The largest absolute Gasteiger partial charge is 0.496 e. The van der Waals surface area contributed by atoms with Crippen molar-refractivity contribution in [3.05, 3.63) is 28.2 Å². The van der Waals surface area contributed by atoms with Crippen molar-refractivity contribution < 1.29 is 4.74 Å². The van der Waals surface area contributed by atoms with Crippen molar-refractivity contribution >= 4 is 27.7 Å². The Bertz CT molecular complexity index is 315. The first kappa shape index (κ1) is 13.9. The Morgan fingerprint density at radius 1 is 1.31 bits per heavy atom. The zero-order chi connectivity index (χ0) is 11.8. The standard InChI is InChI=1S/C13H19BrOS/c1-3-4-5-8-16-10-11-6-7-13(15-2)12(14)9-11/h6-7,9H,3-5,8,10H2,1-2H3. The Morgan fingerprint density at radius 2 is 2.12 bits per heavy atom. The number of halogens is 1. The maximum atomic E-state index is 5.20. The normalized spacial score (nSPS) is 10.4. The van der Waals surface area contributed by atoms with Gasteiger partial charge in [-0.25, -0.2) is 0 Å². The molecule has 1 nitrogen and oxygen atoms in total. The van der Waals surface area contributed by atoms with E-state index >= 15 is 0 Å². The molecule has 0 amide bonds. The first-order valence-electron chi connectivity index (χ1n) is 5.68. The van der Waals surface area contributed by atoms with Crippen molar-refractivity contribution in [1.82, 2.24) is 0 Å². The second kappa shape index (κ2) is 8.02. The molecule has 0 aliphatic heterocycles. The highest BCUT2D eigenvalue weighted by Gasteiger charge is 2.01. The maximum Gasteiger partial charge on any atom is 0.133 e.